The zero-order chi connectivity index (χ0) is 12.2. The van der Waals surface area contributed by atoms with Gasteiger partial charge in [0.15, 0.2) is 4.77 Å². The number of hydrogen-bond acceptors (Lipinski definition) is 4. The molecule has 4 nitrogen and oxygen atoms in total. The van der Waals surface area contributed by atoms with Gasteiger partial charge in [0, 0.05) is 19.0 Å². The fourth-order valence-corrected chi connectivity index (χ4v) is 4.12. The van der Waals surface area contributed by atoms with Crippen molar-refractivity contribution < 1.29 is 0 Å². The van der Waals surface area contributed by atoms with Crippen LogP contribution in [-0.4, -0.2) is 23.8 Å². The van der Waals surface area contributed by atoms with Gasteiger partial charge in [0.2, 0.25) is 0 Å². The topological polar surface area (TPSA) is 41.0 Å². The van der Waals surface area contributed by atoms with Crippen LogP contribution in [0.15, 0.2) is 4.79 Å². The molecule has 17 heavy (non-hydrogen) atoms. The van der Waals surface area contributed by atoms with Crippen LogP contribution in [0.3, 0.4) is 0 Å². The maximum Gasteiger partial charge on any atom is 0.282 e. The van der Waals surface area contributed by atoms with Gasteiger partial charge in [0.05, 0.1) is 5.39 Å². The Morgan fingerprint density at radius 2 is 2.18 bits per heavy atom. The van der Waals surface area contributed by atoms with Crippen molar-refractivity contribution in [1.82, 2.24) is 9.66 Å². The van der Waals surface area contributed by atoms with Gasteiger partial charge in [0.1, 0.15) is 4.83 Å². The second-order valence-corrected chi connectivity index (χ2v) is 5.95. The van der Waals surface area contributed by atoms with E-state index in [9.17, 15) is 4.79 Å². The van der Waals surface area contributed by atoms with Crippen molar-refractivity contribution in [3.63, 3.8) is 0 Å². The maximum absolute atomic E-state index is 12.5. The number of fused-ring (bicyclic) bond motifs is 3. The molecule has 0 radical (unpaired) electrons. The first kappa shape index (κ1) is 11.0. The molecule has 0 bridgehead atoms. The minimum Gasteiger partial charge on any atom is -0.322 e. The monoisotopic (exact) mass is 267 g/mol. The second kappa shape index (κ2) is 3.68. The highest BCUT2D eigenvalue weighted by Gasteiger charge is 2.21. The van der Waals surface area contributed by atoms with Gasteiger partial charge in [-0.05, 0) is 37.0 Å². The third-order valence-electron chi connectivity index (χ3n) is 3.14. The Labute approximate surface area is 107 Å². The summed E-state index contributed by atoms with van der Waals surface area (Å²) in [4.78, 5) is 17.9. The van der Waals surface area contributed by atoms with E-state index in [-0.39, 0.29) is 5.56 Å². The normalized spacial score (nSPS) is 14.2. The van der Waals surface area contributed by atoms with Gasteiger partial charge in [-0.3, -0.25) is 4.79 Å². The molecule has 0 atom stereocenters. The first-order chi connectivity index (χ1) is 8.09. The molecule has 6 heteroatoms. The largest absolute Gasteiger partial charge is 0.322 e. The number of aromatic amines is 1. The van der Waals surface area contributed by atoms with E-state index < -0.39 is 0 Å². The number of rotatable bonds is 1. The average Bonchev–Trinajstić information content (AvgIpc) is 2.74. The van der Waals surface area contributed by atoms with Gasteiger partial charge in [-0.1, -0.05) is 0 Å². The minimum atomic E-state index is 0.00755. The average molecular weight is 267 g/mol. The maximum atomic E-state index is 12.5. The highest BCUT2D eigenvalue weighted by atomic mass is 32.1. The number of hydrogen-bond donors (Lipinski definition) is 1. The van der Waals surface area contributed by atoms with Crippen LogP contribution < -0.4 is 10.6 Å². The summed E-state index contributed by atoms with van der Waals surface area (Å²) in [6.45, 7) is 0. The van der Waals surface area contributed by atoms with E-state index in [0.29, 0.717) is 4.77 Å². The molecular formula is C11H13N3OS2. The Kier molecular flexibility index (Phi) is 2.38. The van der Waals surface area contributed by atoms with E-state index in [0.717, 1.165) is 29.5 Å². The van der Waals surface area contributed by atoms with Crippen LogP contribution in [0.4, 0.5) is 0 Å². The van der Waals surface area contributed by atoms with Gasteiger partial charge in [-0.25, -0.2) is 0 Å². The Hall–Kier alpha value is -1.14. The Bertz CT molecular complexity index is 708. The molecule has 0 unspecified atom stereocenters. The molecule has 1 N–H and O–H groups in total. The lowest BCUT2D eigenvalue weighted by Crippen LogP contribution is -2.37. The van der Waals surface area contributed by atoms with Gasteiger partial charge < -0.3 is 9.99 Å². The third kappa shape index (κ3) is 1.47. The molecule has 90 valence electrons. The molecule has 1 aliphatic rings. The van der Waals surface area contributed by atoms with Crippen molar-refractivity contribution in [1.29, 1.82) is 0 Å². The van der Waals surface area contributed by atoms with Gasteiger partial charge in [0.25, 0.3) is 5.56 Å². The van der Waals surface area contributed by atoms with E-state index in [1.54, 1.807) is 16.3 Å². The van der Waals surface area contributed by atoms with Crippen LogP contribution in [0.25, 0.3) is 10.2 Å². The van der Waals surface area contributed by atoms with Crippen LogP contribution in [-0.2, 0) is 12.8 Å². The van der Waals surface area contributed by atoms with Gasteiger partial charge >= 0.3 is 0 Å². The molecule has 3 rings (SSSR count). The van der Waals surface area contributed by atoms with E-state index >= 15 is 0 Å². The predicted octanol–water partition coefficient (Wildman–Crippen LogP) is 1.81. The van der Waals surface area contributed by atoms with Crippen molar-refractivity contribution in [2.45, 2.75) is 19.3 Å². The fraction of sp³-hybridized carbons (Fsp3) is 0.455. The number of aromatic nitrogens is 2. The first-order valence-electron chi connectivity index (χ1n) is 5.57. The highest BCUT2D eigenvalue weighted by Crippen LogP contribution is 2.34. The van der Waals surface area contributed by atoms with E-state index in [2.05, 4.69) is 4.98 Å². The summed E-state index contributed by atoms with van der Waals surface area (Å²) >= 11 is 6.90. The summed E-state index contributed by atoms with van der Waals surface area (Å²) < 4.78 is 1.98. The van der Waals surface area contributed by atoms with Crippen molar-refractivity contribution in [3.05, 3.63) is 25.6 Å². The number of H-pyrrole nitrogens is 1. The van der Waals surface area contributed by atoms with Gasteiger partial charge in [-0.2, -0.15) is 4.68 Å². The van der Waals surface area contributed by atoms with Crippen molar-refractivity contribution in [2.75, 3.05) is 19.1 Å². The molecule has 0 fully saturated rings. The third-order valence-corrected chi connectivity index (χ3v) is 4.62. The van der Waals surface area contributed by atoms with Crippen molar-refractivity contribution in [2.24, 2.45) is 0 Å². The smallest absolute Gasteiger partial charge is 0.282 e. The summed E-state index contributed by atoms with van der Waals surface area (Å²) in [6.07, 6.45) is 3.27. The molecule has 2 aromatic rings. The number of nitrogens with one attached hydrogen (secondary N) is 1. The van der Waals surface area contributed by atoms with Crippen molar-refractivity contribution >= 4 is 33.8 Å². The molecule has 0 amide bonds. The molecule has 1 aliphatic carbocycles. The van der Waals surface area contributed by atoms with Crippen molar-refractivity contribution in [3.8, 4) is 0 Å². The lowest BCUT2D eigenvalue weighted by atomic mass is 10.2. The summed E-state index contributed by atoms with van der Waals surface area (Å²) in [6, 6.07) is 0. The number of thiophene rings is 1. The molecular weight excluding hydrogens is 254 g/mol. The highest BCUT2D eigenvalue weighted by molar-refractivity contribution is 7.71. The van der Waals surface area contributed by atoms with Crippen LogP contribution in [0.2, 0.25) is 0 Å². The van der Waals surface area contributed by atoms with E-state index in [1.807, 2.05) is 14.1 Å². The standard InChI is InChI=1S/C11H13N3OS2/c1-13(2)14-10(15)8-6-4-3-5-7(6)17-9(8)12-11(14)16/h3-5H2,1-2H3,(H,12,16). The molecule has 0 aromatic carbocycles. The summed E-state index contributed by atoms with van der Waals surface area (Å²) in [5, 5.41) is 2.56. The van der Waals surface area contributed by atoms with Crippen LogP contribution in [0, 0.1) is 4.77 Å². The number of aryl methyl sites for hydroxylation is 2. The Morgan fingerprint density at radius 3 is 2.88 bits per heavy atom. The summed E-state index contributed by atoms with van der Waals surface area (Å²) in [5.74, 6) is 0. The number of nitrogens with zero attached hydrogens (tertiary/aromatic N) is 2. The molecule has 2 heterocycles. The Balaban J connectivity index is 2.48. The quantitative estimate of drug-likeness (QED) is 0.801. The fourth-order valence-electron chi connectivity index (χ4n) is 2.43. The first-order valence-corrected chi connectivity index (χ1v) is 6.79. The van der Waals surface area contributed by atoms with E-state index in [4.69, 9.17) is 12.2 Å². The lowest BCUT2D eigenvalue weighted by molar-refractivity contribution is 0.680. The molecule has 0 saturated heterocycles. The van der Waals surface area contributed by atoms with E-state index in [1.165, 1.54) is 15.1 Å². The van der Waals surface area contributed by atoms with Gasteiger partial charge in [-0.15, -0.1) is 11.3 Å². The SMILES string of the molecule is CN(C)n1c(=S)[nH]c2sc3c(c2c1=O)CCC3. The zero-order valence-corrected chi connectivity index (χ0v) is 11.4. The van der Waals surface area contributed by atoms with Crippen LogP contribution in [0.1, 0.15) is 16.9 Å². The predicted molar refractivity (Wildman–Crippen MR) is 73.4 cm³/mol. The van der Waals surface area contributed by atoms with Crippen LogP contribution in [0.5, 0.6) is 0 Å². The second-order valence-electron chi connectivity index (χ2n) is 4.46. The molecule has 0 spiro atoms. The molecule has 2 aromatic heterocycles. The van der Waals surface area contributed by atoms with Crippen LogP contribution >= 0.6 is 23.6 Å². The summed E-state index contributed by atoms with van der Waals surface area (Å²) in [7, 11) is 3.65. The lowest BCUT2D eigenvalue weighted by Gasteiger charge is -2.15. The minimum absolute atomic E-state index is 0.00755. The zero-order valence-electron chi connectivity index (χ0n) is 9.74. The summed E-state index contributed by atoms with van der Waals surface area (Å²) in [5.41, 5.74) is 1.24. The Morgan fingerprint density at radius 1 is 1.41 bits per heavy atom. The molecule has 0 saturated carbocycles. The molecule has 0 aliphatic heterocycles.